The molecule has 0 aliphatic carbocycles. The van der Waals surface area contributed by atoms with Gasteiger partial charge < -0.3 is 14.9 Å². The lowest BCUT2D eigenvalue weighted by atomic mass is 10.0. The van der Waals surface area contributed by atoms with Crippen molar-refractivity contribution < 1.29 is 14.0 Å². The number of oxime groups is 1. The minimum atomic E-state index is -0.447. The van der Waals surface area contributed by atoms with Gasteiger partial charge in [0, 0.05) is 5.02 Å². The number of nitrogens with one attached hydrogen (secondary N) is 1. The molecule has 2 aromatic carbocycles. The second-order valence-corrected chi connectivity index (χ2v) is 7.98. The highest BCUT2D eigenvalue weighted by Gasteiger charge is 2.24. The monoisotopic (exact) mass is 440 g/mol. The molecule has 2 heterocycles. The summed E-state index contributed by atoms with van der Waals surface area (Å²) >= 11 is 6.39. The highest BCUT2D eigenvalue weighted by atomic mass is 35.5. The van der Waals surface area contributed by atoms with Crippen molar-refractivity contribution in [2.75, 3.05) is 6.61 Å². The fourth-order valence-electron chi connectivity index (χ4n) is 3.30. The Morgan fingerprint density at radius 3 is 2.81 bits per heavy atom. The Kier molecular flexibility index (Phi) is 6.04. The molecule has 1 aromatic heterocycles. The lowest BCUT2D eigenvalue weighted by Gasteiger charge is -2.25. The van der Waals surface area contributed by atoms with Gasteiger partial charge in [-0.05, 0) is 62.1 Å². The van der Waals surface area contributed by atoms with E-state index in [4.69, 9.17) is 21.2 Å². The molecule has 0 fully saturated rings. The third kappa shape index (κ3) is 4.77. The fraction of sp³-hybridized carbons (Fsp3) is 0.261. The Balaban J connectivity index is 1.59. The van der Waals surface area contributed by atoms with Crippen molar-refractivity contribution in [3.8, 4) is 11.6 Å². The van der Waals surface area contributed by atoms with Crippen LogP contribution in [-0.4, -0.2) is 28.7 Å². The number of halogens is 2. The SMILES string of the molecule is Cc1ccc(C[C@@H]2CON=C(c3cc(C)nnc3Oc3cccc(C)c3F)N2)c(Cl)c1. The van der Waals surface area contributed by atoms with Crippen LogP contribution in [-0.2, 0) is 11.3 Å². The van der Waals surface area contributed by atoms with Gasteiger partial charge in [-0.2, -0.15) is 5.10 Å². The number of nitrogens with zero attached hydrogens (tertiary/aromatic N) is 3. The summed E-state index contributed by atoms with van der Waals surface area (Å²) in [6.07, 6.45) is 0.651. The van der Waals surface area contributed by atoms with Crippen molar-refractivity contribution in [3.05, 3.63) is 81.3 Å². The van der Waals surface area contributed by atoms with E-state index in [1.165, 1.54) is 0 Å². The van der Waals surface area contributed by atoms with Crippen LogP contribution in [0.2, 0.25) is 5.02 Å². The predicted molar refractivity (Wildman–Crippen MR) is 117 cm³/mol. The maximum absolute atomic E-state index is 14.5. The Morgan fingerprint density at radius 2 is 2.00 bits per heavy atom. The maximum atomic E-state index is 14.5. The largest absolute Gasteiger partial charge is 0.434 e. The summed E-state index contributed by atoms with van der Waals surface area (Å²) in [6, 6.07) is 12.6. The first kappa shape index (κ1) is 21.1. The van der Waals surface area contributed by atoms with Gasteiger partial charge in [0.15, 0.2) is 17.4 Å². The average Bonchev–Trinajstić information content (AvgIpc) is 2.75. The van der Waals surface area contributed by atoms with Gasteiger partial charge in [-0.15, -0.1) is 5.10 Å². The molecule has 1 N–H and O–H groups in total. The fourth-order valence-corrected chi connectivity index (χ4v) is 3.61. The molecule has 0 amide bonds. The molecule has 1 atom stereocenters. The van der Waals surface area contributed by atoms with Crippen LogP contribution in [0, 0.1) is 26.6 Å². The summed E-state index contributed by atoms with van der Waals surface area (Å²) in [6.45, 7) is 5.86. The zero-order valence-corrected chi connectivity index (χ0v) is 18.2. The number of hydrogen-bond donors (Lipinski definition) is 1. The predicted octanol–water partition coefficient (Wildman–Crippen LogP) is 4.88. The molecule has 3 aromatic rings. The second kappa shape index (κ2) is 8.89. The zero-order chi connectivity index (χ0) is 22.0. The lowest BCUT2D eigenvalue weighted by Crippen LogP contribution is -2.43. The molecular weight excluding hydrogens is 419 g/mol. The maximum Gasteiger partial charge on any atom is 0.250 e. The molecule has 0 radical (unpaired) electrons. The van der Waals surface area contributed by atoms with Crippen molar-refractivity contribution in [1.29, 1.82) is 0 Å². The molecule has 0 saturated heterocycles. The number of aromatic nitrogens is 2. The average molecular weight is 441 g/mol. The molecule has 0 saturated carbocycles. The van der Waals surface area contributed by atoms with Crippen molar-refractivity contribution in [1.82, 2.24) is 15.5 Å². The quantitative estimate of drug-likeness (QED) is 0.612. The van der Waals surface area contributed by atoms with E-state index in [9.17, 15) is 4.39 Å². The second-order valence-electron chi connectivity index (χ2n) is 7.57. The van der Waals surface area contributed by atoms with Crippen LogP contribution in [0.1, 0.15) is 27.9 Å². The van der Waals surface area contributed by atoms with E-state index in [2.05, 4.69) is 20.7 Å². The van der Waals surface area contributed by atoms with Crippen molar-refractivity contribution in [2.45, 2.75) is 33.2 Å². The van der Waals surface area contributed by atoms with Gasteiger partial charge in [0.2, 0.25) is 5.88 Å². The van der Waals surface area contributed by atoms with Crippen LogP contribution in [0.25, 0.3) is 0 Å². The van der Waals surface area contributed by atoms with E-state index in [0.717, 1.165) is 11.1 Å². The topological polar surface area (TPSA) is 68.6 Å². The molecule has 4 rings (SSSR count). The minimum Gasteiger partial charge on any atom is -0.434 e. The first-order valence-electron chi connectivity index (χ1n) is 9.90. The summed E-state index contributed by atoms with van der Waals surface area (Å²) < 4.78 is 20.2. The van der Waals surface area contributed by atoms with E-state index in [0.29, 0.717) is 40.7 Å². The molecule has 0 spiro atoms. The van der Waals surface area contributed by atoms with Gasteiger partial charge in [-0.25, -0.2) is 4.39 Å². The number of amidine groups is 1. The van der Waals surface area contributed by atoms with Gasteiger partial charge in [-0.3, -0.25) is 0 Å². The third-order valence-electron chi connectivity index (χ3n) is 4.95. The van der Waals surface area contributed by atoms with Gasteiger partial charge in [-0.1, -0.05) is 41.0 Å². The summed E-state index contributed by atoms with van der Waals surface area (Å²) in [7, 11) is 0. The molecule has 1 aliphatic rings. The van der Waals surface area contributed by atoms with Gasteiger partial charge in [0.05, 0.1) is 17.3 Å². The molecular formula is C23H22ClFN4O2. The number of ether oxygens (including phenoxy) is 1. The Hall–Kier alpha value is -3.19. The minimum absolute atomic E-state index is 0.0651. The summed E-state index contributed by atoms with van der Waals surface area (Å²) in [5.41, 5.74) is 3.79. The van der Waals surface area contributed by atoms with Crippen LogP contribution in [0.5, 0.6) is 11.6 Å². The summed E-state index contributed by atoms with van der Waals surface area (Å²) in [5, 5.41) is 16.4. The van der Waals surface area contributed by atoms with E-state index < -0.39 is 5.82 Å². The molecule has 0 bridgehead atoms. The van der Waals surface area contributed by atoms with Crippen LogP contribution < -0.4 is 10.1 Å². The van der Waals surface area contributed by atoms with Crippen LogP contribution in [0.15, 0.2) is 47.6 Å². The normalized spacial score (nSPS) is 15.6. The molecule has 1 aliphatic heterocycles. The lowest BCUT2D eigenvalue weighted by molar-refractivity contribution is 0.109. The van der Waals surface area contributed by atoms with Gasteiger partial charge in [0.1, 0.15) is 6.61 Å². The summed E-state index contributed by atoms with van der Waals surface area (Å²) in [4.78, 5) is 5.48. The number of aryl methyl sites for hydroxylation is 3. The smallest absolute Gasteiger partial charge is 0.250 e. The third-order valence-corrected chi connectivity index (χ3v) is 5.30. The van der Waals surface area contributed by atoms with Crippen molar-refractivity contribution in [3.63, 3.8) is 0 Å². The van der Waals surface area contributed by atoms with E-state index >= 15 is 0 Å². The Labute approximate surface area is 185 Å². The van der Waals surface area contributed by atoms with E-state index in [1.54, 1.807) is 38.1 Å². The van der Waals surface area contributed by atoms with Crippen LogP contribution >= 0.6 is 11.6 Å². The number of rotatable bonds is 5. The van der Waals surface area contributed by atoms with Crippen LogP contribution in [0.4, 0.5) is 4.39 Å². The van der Waals surface area contributed by atoms with Crippen molar-refractivity contribution >= 4 is 17.4 Å². The molecule has 8 heteroatoms. The highest BCUT2D eigenvalue weighted by molar-refractivity contribution is 6.31. The van der Waals surface area contributed by atoms with E-state index in [1.807, 2.05) is 25.1 Å². The highest BCUT2D eigenvalue weighted by Crippen LogP contribution is 2.28. The standard InChI is InChI=1S/C23H22ClFN4O2/c1-13-7-8-16(19(24)9-13)11-17-12-30-29-22(26-17)18-10-15(3)27-28-23(18)31-20-6-4-5-14(2)21(20)25/h4-10,17H,11-12H2,1-3H3,(H,26,29)/t17-/m1/s1. The number of hydrogen-bond acceptors (Lipinski definition) is 6. The molecule has 160 valence electrons. The molecule has 31 heavy (non-hydrogen) atoms. The van der Waals surface area contributed by atoms with Crippen LogP contribution in [0.3, 0.4) is 0 Å². The Morgan fingerprint density at radius 1 is 1.16 bits per heavy atom. The zero-order valence-electron chi connectivity index (χ0n) is 17.4. The Bertz CT molecular complexity index is 1150. The van der Waals surface area contributed by atoms with Crippen molar-refractivity contribution in [2.24, 2.45) is 5.16 Å². The first-order chi connectivity index (χ1) is 14.9. The first-order valence-corrected chi connectivity index (χ1v) is 10.3. The molecule has 0 unspecified atom stereocenters. The number of benzene rings is 2. The molecule has 6 nitrogen and oxygen atoms in total. The van der Waals surface area contributed by atoms with E-state index in [-0.39, 0.29) is 17.7 Å². The van der Waals surface area contributed by atoms with Gasteiger partial charge >= 0.3 is 0 Å². The van der Waals surface area contributed by atoms with Gasteiger partial charge in [0.25, 0.3) is 0 Å². The summed E-state index contributed by atoms with van der Waals surface area (Å²) in [5.74, 6) is 0.205.